The van der Waals surface area contributed by atoms with Crippen LogP contribution >= 0.6 is 0 Å². The highest BCUT2D eigenvalue weighted by Crippen LogP contribution is 2.26. The van der Waals surface area contributed by atoms with Crippen molar-refractivity contribution in [3.8, 4) is 0 Å². The smallest absolute Gasteiger partial charge is 0.332 e. The molecule has 4 heteroatoms. The minimum Gasteiger partial charge on any atom is -0.367 e. The van der Waals surface area contributed by atoms with Crippen LogP contribution in [0.4, 0.5) is 0 Å². The van der Waals surface area contributed by atoms with E-state index in [0.717, 1.165) is 31.2 Å². The van der Waals surface area contributed by atoms with Gasteiger partial charge in [-0.2, -0.15) is 0 Å². The molecular formula is C19H27NO3. The average Bonchev–Trinajstić information content (AvgIpc) is 2.97. The van der Waals surface area contributed by atoms with Gasteiger partial charge < -0.3 is 4.84 Å². The van der Waals surface area contributed by atoms with Gasteiger partial charge in [0, 0.05) is 25.4 Å². The van der Waals surface area contributed by atoms with Crippen molar-refractivity contribution < 1.29 is 14.4 Å². The van der Waals surface area contributed by atoms with E-state index in [1.54, 1.807) is 5.06 Å². The van der Waals surface area contributed by atoms with Crippen LogP contribution in [-0.2, 0) is 20.8 Å². The van der Waals surface area contributed by atoms with E-state index in [2.05, 4.69) is 0 Å². The molecule has 0 bridgehead atoms. The van der Waals surface area contributed by atoms with Crippen molar-refractivity contribution >= 4 is 11.8 Å². The first-order valence-electron chi connectivity index (χ1n) is 8.63. The number of ketones is 1. The zero-order chi connectivity index (χ0) is 16.8. The Balaban J connectivity index is 1.95. The normalized spacial score (nSPS) is 19.1. The maximum Gasteiger partial charge on any atom is 0.332 e. The van der Waals surface area contributed by atoms with Crippen molar-refractivity contribution in [2.24, 2.45) is 5.92 Å². The van der Waals surface area contributed by atoms with Crippen molar-refractivity contribution in [3.63, 3.8) is 0 Å². The molecule has 1 aliphatic rings. The van der Waals surface area contributed by atoms with Crippen LogP contribution in [0.3, 0.4) is 0 Å². The number of carbonyl (C=O) groups is 2. The van der Waals surface area contributed by atoms with Crippen LogP contribution in [0.5, 0.6) is 0 Å². The number of Topliss-reactive ketones (excluding diaryl/α,β-unsaturated/α-hetero) is 1. The molecule has 0 radical (unpaired) electrons. The highest BCUT2D eigenvalue weighted by atomic mass is 16.7. The van der Waals surface area contributed by atoms with Gasteiger partial charge in [0.15, 0.2) is 0 Å². The van der Waals surface area contributed by atoms with Crippen LogP contribution in [0.25, 0.3) is 0 Å². The Hall–Kier alpha value is -1.68. The van der Waals surface area contributed by atoms with Gasteiger partial charge in [-0.15, -0.1) is 5.06 Å². The molecule has 0 amide bonds. The lowest BCUT2D eigenvalue weighted by molar-refractivity contribution is -0.190. The highest BCUT2D eigenvalue weighted by Gasteiger charge is 2.24. The van der Waals surface area contributed by atoms with Crippen LogP contribution in [0, 0.1) is 5.92 Å². The Morgan fingerprint density at radius 1 is 1.26 bits per heavy atom. The van der Waals surface area contributed by atoms with E-state index in [9.17, 15) is 9.59 Å². The molecule has 2 atom stereocenters. The molecule has 0 N–H and O–H groups in total. The summed E-state index contributed by atoms with van der Waals surface area (Å²) >= 11 is 0. The Bertz CT molecular complexity index is 534. The number of hydroxylamine groups is 2. The van der Waals surface area contributed by atoms with Gasteiger partial charge in [0.2, 0.25) is 0 Å². The minimum absolute atomic E-state index is 0.186. The van der Waals surface area contributed by atoms with Crippen molar-refractivity contribution in [2.45, 2.75) is 52.4 Å². The number of hydrogen-bond acceptors (Lipinski definition) is 4. The largest absolute Gasteiger partial charge is 0.367 e. The monoisotopic (exact) mass is 317 g/mol. The second kappa shape index (κ2) is 8.25. The number of nitrogens with zero attached hydrogens (tertiary/aromatic N) is 1. The van der Waals surface area contributed by atoms with Crippen molar-refractivity contribution in [3.05, 3.63) is 35.4 Å². The molecule has 0 heterocycles. The Morgan fingerprint density at radius 3 is 2.43 bits per heavy atom. The summed E-state index contributed by atoms with van der Waals surface area (Å²) in [6.45, 7) is 7.15. The molecule has 0 aromatic heterocycles. The van der Waals surface area contributed by atoms with E-state index in [-0.39, 0.29) is 17.8 Å². The molecule has 1 saturated carbocycles. The lowest BCUT2D eigenvalue weighted by Gasteiger charge is -2.20. The van der Waals surface area contributed by atoms with E-state index in [0.29, 0.717) is 18.9 Å². The fraction of sp³-hybridized carbons (Fsp3) is 0.579. The number of benzene rings is 1. The molecule has 23 heavy (non-hydrogen) atoms. The van der Waals surface area contributed by atoms with Gasteiger partial charge in [0.05, 0.1) is 5.92 Å². The molecule has 1 aromatic carbocycles. The molecule has 0 saturated heterocycles. The molecule has 0 spiro atoms. The second-order valence-corrected chi connectivity index (χ2v) is 6.25. The van der Waals surface area contributed by atoms with Gasteiger partial charge in [0.1, 0.15) is 5.78 Å². The summed E-state index contributed by atoms with van der Waals surface area (Å²) in [5.41, 5.74) is 2.11. The van der Waals surface area contributed by atoms with Gasteiger partial charge in [0.25, 0.3) is 0 Å². The predicted molar refractivity (Wildman–Crippen MR) is 89.9 cm³/mol. The van der Waals surface area contributed by atoms with E-state index in [1.165, 1.54) is 5.56 Å². The predicted octanol–water partition coefficient (Wildman–Crippen LogP) is 3.50. The minimum atomic E-state index is -0.294. The molecule has 4 nitrogen and oxygen atoms in total. The number of hydrogen-bond donors (Lipinski definition) is 0. The van der Waals surface area contributed by atoms with Crippen LogP contribution in [0.1, 0.15) is 57.1 Å². The quantitative estimate of drug-likeness (QED) is 0.722. The zero-order valence-electron chi connectivity index (χ0n) is 14.4. The van der Waals surface area contributed by atoms with Gasteiger partial charge in [-0.3, -0.25) is 4.79 Å². The Morgan fingerprint density at radius 2 is 1.91 bits per heavy atom. The number of rotatable bonds is 7. The molecule has 0 aliphatic heterocycles. The fourth-order valence-electron chi connectivity index (χ4n) is 3.03. The van der Waals surface area contributed by atoms with Crippen LogP contribution < -0.4 is 0 Å². The van der Waals surface area contributed by atoms with Crippen LogP contribution in [-0.4, -0.2) is 29.9 Å². The van der Waals surface area contributed by atoms with Crippen molar-refractivity contribution in [2.75, 3.05) is 13.1 Å². The van der Waals surface area contributed by atoms with E-state index in [1.807, 2.05) is 45.0 Å². The summed E-state index contributed by atoms with van der Waals surface area (Å²) in [4.78, 5) is 29.3. The first-order valence-corrected chi connectivity index (χ1v) is 8.63. The molecule has 126 valence electrons. The topological polar surface area (TPSA) is 46.6 Å². The third kappa shape index (κ3) is 4.64. The third-order valence-electron chi connectivity index (χ3n) is 4.67. The van der Waals surface area contributed by atoms with Crippen molar-refractivity contribution in [1.82, 2.24) is 5.06 Å². The summed E-state index contributed by atoms with van der Waals surface area (Å²) in [7, 11) is 0. The Labute approximate surface area is 138 Å². The summed E-state index contributed by atoms with van der Waals surface area (Å²) in [5, 5.41) is 1.65. The summed E-state index contributed by atoms with van der Waals surface area (Å²) in [6.07, 6.45) is 3.58. The summed E-state index contributed by atoms with van der Waals surface area (Å²) in [5.74, 6) is 0.0568. The lowest BCUT2D eigenvalue weighted by atomic mass is 9.94. The molecule has 2 unspecified atom stereocenters. The lowest BCUT2D eigenvalue weighted by Crippen LogP contribution is -2.29. The number of carbonyl (C=O) groups excluding carboxylic acids is 2. The van der Waals surface area contributed by atoms with Crippen LogP contribution in [0.2, 0.25) is 0 Å². The van der Waals surface area contributed by atoms with E-state index < -0.39 is 0 Å². The van der Waals surface area contributed by atoms with Gasteiger partial charge in [-0.25, -0.2) is 4.79 Å². The first-order chi connectivity index (χ1) is 11.0. The summed E-state index contributed by atoms with van der Waals surface area (Å²) in [6, 6.07) is 8.01. The highest BCUT2D eigenvalue weighted by molar-refractivity contribution is 5.83. The maximum absolute atomic E-state index is 12.2. The second-order valence-electron chi connectivity index (χ2n) is 6.25. The third-order valence-corrected chi connectivity index (χ3v) is 4.67. The zero-order valence-corrected chi connectivity index (χ0v) is 14.4. The SMILES string of the molecule is CCN(CC)OC(=O)C(C)c1ccc(CC2CCCC2=O)cc1. The maximum atomic E-state index is 12.2. The first kappa shape index (κ1) is 17.7. The summed E-state index contributed by atoms with van der Waals surface area (Å²) < 4.78 is 0. The van der Waals surface area contributed by atoms with Gasteiger partial charge >= 0.3 is 5.97 Å². The molecule has 1 fully saturated rings. The van der Waals surface area contributed by atoms with E-state index in [4.69, 9.17) is 4.84 Å². The van der Waals surface area contributed by atoms with Crippen molar-refractivity contribution in [1.29, 1.82) is 0 Å². The van der Waals surface area contributed by atoms with Gasteiger partial charge in [-0.1, -0.05) is 24.3 Å². The van der Waals surface area contributed by atoms with E-state index >= 15 is 0 Å². The standard InChI is InChI=1S/C19H27NO3/c1-4-20(5-2)23-19(22)14(3)16-11-9-15(10-12-16)13-17-7-6-8-18(17)21/h9-12,14,17H,4-8,13H2,1-3H3. The molecular weight excluding hydrogens is 290 g/mol. The molecule has 1 aromatic rings. The molecule has 1 aliphatic carbocycles. The average molecular weight is 317 g/mol. The Kier molecular flexibility index (Phi) is 6.34. The van der Waals surface area contributed by atoms with Crippen LogP contribution in [0.15, 0.2) is 24.3 Å². The fourth-order valence-corrected chi connectivity index (χ4v) is 3.03. The van der Waals surface area contributed by atoms with Gasteiger partial charge in [-0.05, 0) is 51.2 Å². The molecule has 2 rings (SSSR count).